The third-order valence-corrected chi connectivity index (χ3v) is 4.50. The molecule has 0 saturated carbocycles. The van der Waals surface area contributed by atoms with E-state index >= 15 is 0 Å². The molecule has 2 N–H and O–H groups in total. The molecule has 2 nitrogen and oxygen atoms in total. The van der Waals surface area contributed by atoms with Gasteiger partial charge in [-0.2, -0.15) is 0 Å². The number of hydrogen-bond donors (Lipinski definition) is 2. The first-order chi connectivity index (χ1) is 8.99. The minimum atomic E-state index is -0.489. The van der Waals surface area contributed by atoms with Crippen molar-refractivity contribution in [2.24, 2.45) is 0 Å². The lowest BCUT2D eigenvalue weighted by atomic mass is 10.1. The maximum absolute atomic E-state index is 10.2. The third kappa shape index (κ3) is 3.15. The Morgan fingerprint density at radius 2 is 1.74 bits per heavy atom. The Hall–Kier alpha value is -1.37. The summed E-state index contributed by atoms with van der Waals surface area (Å²) >= 11 is 0. The van der Waals surface area contributed by atoms with Gasteiger partial charge in [0.2, 0.25) is 0 Å². The molecular formula is C16H19O2P. The van der Waals surface area contributed by atoms with E-state index in [1.54, 1.807) is 6.92 Å². The second-order valence-corrected chi connectivity index (χ2v) is 6.19. The van der Waals surface area contributed by atoms with Crippen molar-refractivity contribution in [2.75, 3.05) is 0 Å². The minimum Gasteiger partial charge on any atom is -0.507 e. The molecule has 0 amide bonds. The zero-order valence-electron chi connectivity index (χ0n) is 11.4. The van der Waals surface area contributed by atoms with Gasteiger partial charge in [-0.3, -0.25) is 0 Å². The van der Waals surface area contributed by atoms with Crippen LogP contribution in [0.4, 0.5) is 0 Å². The van der Waals surface area contributed by atoms with Crippen LogP contribution < -0.4 is 10.6 Å². The van der Waals surface area contributed by atoms with E-state index in [-0.39, 0.29) is 0 Å². The minimum absolute atomic E-state index is 0.350. The van der Waals surface area contributed by atoms with Gasteiger partial charge in [0.05, 0.1) is 6.10 Å². The highest BCUT2D eigenvalue weighted by Gasteiger charge is 2.11. The second kappa shape index (κ2) is 5.73. The first-order valence-corrected chi connectivity index (χ1v) is 7.33. The van der Waals surface area contributed by atoms with Crippen LogP contribution in [-0.2, 0) is 0 Å². The van der Waals surface area contributed by atoms with E-state index in [0.29, 0.717) is 14.3 Å². The van der Waals surface area contributed by atoms with Crippen LogP contribution >= 0.6 is 8.58 Å². The molecule has 0 fully saturated rings. The van der Waals surface area contributed by atoms with E-state index in [0.717, 1.165) is 27.3 Å². The molecule has 2 atom stereocenters. The fourth-order valence-corrected chi connectivity index (χ4v) is 3.70. The Morgan fingerprint density at radius 3 is 2.42 bits per heavy atom. The Labute approximate surface area is 115 Å². The summed E-state index contributed by atoms with van der Waals surface area (Å²) < 4.78 is 0. The fourth-order valence-electron chi connectivity index (χ4n) is 2.18. The van der Waals surface area contributed by atoms with Crippen molar-refractivity contribution in [1.29, 1.82) is 0 Å². The number of aliphatic hydroxyl groups is 1. The summed E-state index contributed by atoms with van der Waals surface area (Å²) in [5.41, 5.74) is 2.98. The normalized spacial score (nSPS) is 13.1. The van der Waals surface area contributed by atoms with E-state index in [4.69, 9.17) is 0 Å². The molecular weight excluding hydrogens is 255 g/mol. The van der Waals surface area contributed by atoms with Gasteiger partial charge < -0.3 is 10.2 Å². The van der Waals surface area contributed by atoms with Crippen LogP contribution in [-0.4, -0.2) is 10.2 Å². The SMILES string of the molecule is Cc1cc(C)c(O)c(Pc2ccccc2C(C)O)c1. The van der Waals surface area contributed by atoms with Gasteiger partial charge in [0.1, 0.15) is 5.75 Å². The molecule has 2 aromatic rings. The van der Waals surface area contributed by atoms with E-state index in [1.165, 1.54) is 0 Å². The third-order valence-electron chi connectivity index (χ3n) is 3.13. The summed E-state index contributed by atoms with van der Waals surface area (Å²) in [4.78, 5) is 0. The molecule has 3 heteroatoms. The van der Waals surface area contributed by atoms with Crippen LogP contribution in [0.2, 0.25) is 0 Å². The molecule has 0 radical (unpaired) electrons. The Kier molecular flexibility index (Phi) is 4.24. The molecule has 0 aliphatic rings. The number of aromatic hydroxyl groups is 1. The van der Waals surface area contributed by atoms with Crippen LogP contribution in [0.15, 0.2) is 36.4 Å². The zero-order chi connectivity index (χ0) is 14.0. The van der Waals surface area contributed by atoms with Crippen molar-refractivity contribution in [3.05, 3.63) is 53.1 Å². The van der Waals surface area contributed by atoms with E-state index < -0.39 is 6.10 Å². The first kappa shape index (κ1) is 14.0. The van der Waals surface area contributed by atoms with Crippen LogP contribution in [0.1, 0.15) is 29.7 Å². The van der Waals surface area contributed by atoms with Crippen molar-refractivity contribution < 1.29 is 10.2 Å². The largest absolute Gasteiger partial charge is 0.507 e. The Balaban J connectivity index is 2.42. The number of hydrogen-bond acceptors (Lipinski definition) is 2. The van der Waals surface area contributed by atoms with Crippen molar-refractivity contribution in [2.45, 2.75) is 26.9 Å². The van der Waals surface area contributed by atoms with Gasteiger partial charge in [-0.05, 0) is 48.8 Å². The predicted octanol–water partition coefficient (Wildman–Crippen LogP) is 2.69. The van der Waals surface area contributed by atoms with Gasteiger partial charge in [-0.25, -0.2) is 0 Å². The number of phenols is 1. The number of rotatable bonds is 3. The average molecular weight is 274 g/mol. The van der Waals surface area contributed by atoms with E-state index in [1.807, 2.05) is 50.2 Å². The Bertz CT molecular complexity index is 591. The smallest absolute Gasteiger partial charge is 0.126 e. The van der Waals surface area contributed by atoms with Gasteiger partial charge >= 0.3 is 0 Å². The highest BCUT2D eigenvalue weighted by Crippen LogP contribution is 2.25. The summed E-state index contributed by atoms with van der Waals surface area (Å²) in [6, 6.07) is 11.8. The lowest BCUT2D eigenvalue weighted by Gasteiger charge is -2.14. The topological polar surface area (TPSA) is 40.5 Å². The van der Waals surface area contributed by atoms with Crippen LogP contribution in [0.5, 0.6) is 5.75 Å². The van der Waals surface area contributed by atoms with Gasteiger partial charge in [0.25, 0.3) is 0 Å². The molecule has 2 unspecified atom stereocenters. The fraction of sp³-hybridized carbons (Fsp3) is 0.250. The molecule has 0 saturated heterocycles. The molecule has 100 valence electrons. The zero-order valence-corrected chi connectivity index (χ0v) is 12.4. The summed E-state index contributed by atoms with van der Waals surface area (Å²) in [6.45, 7) is 5.71. The van der Waals surface area contributed by atoms with Gasteiger partial charge in [0.15, 0.2) is 0 Å². The lowest BCUT2D eigenvalue weighted by molar-refractivity contribution is 0.200. The van der Waals surface area contributed by atoms with Crippen LogP contribution in [0, 0.1) is 13.8 Å². The molecule has 0 spiro atoms. The number of aliphatic hydroxyl groups excluding tert-OH is 1. The first-order valence-electron chi connectivity index (χ1n) is 6.33. The molecule has 0 aromatic heterocycles. The maximum atomic E-state index is 10.2. The van der Waals surface area contributed by atoms with Crippen molar-refractivity contribution in [3.8, 4) is 5.75 Å². The highest BCUT2D eigenvalue weighted by atomic mass is 31.1. The quantitative estimate of drug-likeness (QED) is 0.845. The predicted molar refractivity (Wildman–Crippen MR) is 82.2 cm³/mol. The molecule has 0 aliphatic carbocycles. The van der Waals surface area contributed by atoms with E-state index in [9.17, 15) is 10.2 Å². The van der Waals surface area contributed by atoms with Crippen LogP contribution in [0.3, 0.4) is 0 Å². The standard InChI is InChI=1S/C16H19O2P/c1-10-8-11(2)16(18)15(9-10)19-14-7-5-4-6-13(14)12(3)17/h4-9,12,17-19H,1-3H3. The lowest BCUT2D eigenvalue weighted by Crippen LogP contribution is -2.12. The summed E-state index contributed by atoms with van der Waals surface area (Å²) in [7, 11) is 0.350. The number of phenolic OH excluding ortho intramolecular Hbond substituents is 1. The van der Waals surface area contributed by atoms with Gasteiger partial charge in [-0.15, -0.1) is 0 Å². The van der Waals surface area contributed by atoms with Crippen molar-refractivity contribution >= 4 is 19.2 Å². The molecule has 0 heterocycles. The highest BCUT2D eigenvalue weighted by molar-refractivity contribution is 7.55. The Morgan fingerprint density at radius 1 is 1.05 bits per heavy atom. The average Bonchev–Trinajstić information content (AvgIpc) is 2.35. The summed E-state index contributed by atoms with van der Waals surface area (Å²) in [5, 5.41) is 22.0. The van der Waals surface area contributed by atoms with Gasteiger partial charge in [0, 0.05) is 5.30 Å². The summed E-state index contributed by atoms with van der Waals surface area (Å²) in [5.74, 6) is 0.365. The van der Waals surface area contributed by atoms with Crippen molar-refractivity contribution in [3.63, 3.8) is 0 Å². The molecule has 0 aliphatic heterocycles. The number of benzene rings is 2. The molecule has 2 rings (SSSR count). The second-order valence-electron chi connectivity index (χ2n) is 4.87. The van der Waals surface area contributed by atoms with E-state index in [2.05, 4.69) is 0 Å². The van der Waals surface area contributed by atoms with Gasteiger partial charge in [-0.1, -0.05) is 38.9 Å². The molecule has 0 bridgehead atoms. The van der Waals surface area contributed by atoms with Crippen LogP contribution in [0.25, 0.3) is 0 Å². The number of aryl methyl sites for hydroxylation is 2. The monoisotopic (exact) mass is 274 g/mol. The molecule has 19 heavy (non-hydrogen) atoms. The summed E-state index contributed by atoms with van der Waals surface area (Å²) in [6.07, 6.45) is -0.489. The maximum Gasteiger partial charge on any atom is 0.126 e. The van der Waals surface area contributed by atoms with Crippen molar-refractivity contribution in [1.82, 2.24) is 0 Å². The molecule has 2 aromatic carbocycles.